The molecule has 0 radical (unpaired) electrons. The van der Waals surface area contributed by atoms with E-state index in [4.69, 9.17) is 4.99 Å². The number of hydrogen-bond donors (Lipinski definition) is 1. The predicted octanol–water partition coefficient (Wildman–Crippen LogP) is 4.09. The highest BCUT2D eigenvalue weighted by Crippen LogP contribution is 2.42. The van der Waals surface area contributed by atoms with Gasteiger partial charge < -0.3 is 5.32 Å². The number of nitrogens with zero attached hydrogens (tertiary/aromatic N) is 1. The normalized spacial score (nSPS) is 27.1. The summed E-state index contributed by atoms with van der Waals surface area (Å²) in [6.07, 6.45) is 2.90. The molecule has 3 nitrogen and oxygen atoms in total. The minimum Gasteiger partial charge on any atom is -0.343 e. The maximum Gasteiger partial charge on any atom is 0.108 e. The Morgan fingerprint density at radius 2 is 1.92 bits per heavy atom. The van der Waals surface area contributed by atoms with Crippen LogP contribution >= 0.6 is 0 Å². The summed E-state index contributed by atoms with van der Waals surface area (Å²) in [6, 6.07) is 17.0. The van der Waals surface area contributed by atoms with Crippen LogP contribution in [0, 0.1) is 12.3 Å². The molecule has 0 amide bonds. The molecule has 25 heavy (non-hydrogen) atoms. The third kappa shape index (κ3) is 3.40. The van der Waals surface area contributed by atoms with Gasteiger partial charge in [-0.05, 0) is 43.4 Å². The van der Waals surface area contributed by atoms with E-state index in [1.807, 2.05) is 0 Å². The van der Waals surface area contributed by atoms with Crippen molar-refractivity contribution in [1.29, 1.82) is 0 Å². The van der Waals surface area contributed by atoms with Crippen LogP contribution in [0.2, 0.25) is 0 Å². The highest BCUT2D eigenvalue weighted by atomic mass is 32.2. The Balaban J connectivity index is 1.67. The summed E-state index contributed by atoms with van der Waals surface area (Å²) in [4.78, 5) is 5.00. The minimum absolute atomic E-state index is 0.0199. The van der Waals surface area contributed by atoms with Gasteiger partial charge in [-0.3, -0.25) is 9.20 Å². The fourth-order valence-corrected chi connectivity index (χ4v) is 5.39. The molecule has 2 aliphatic rings. The van der Waals surface area contributed by atoms with E-state index in [9.17, 15) is 4.21 Å². The second-order valence-electron chi connectivity index (χ2n) is 7.24. The molecule has 4 rings (SSSR count). The highest BCUT2D eigenvalue weighted by molar-refractivity contribution is 7.85. The van der Waals surface area contributed by atoms with Crippen LogP contribution in [0.4, 0.5) is 5.69 Å². The van der Waals surface area contributed by atoms with Gasteiger partial charge in [0, 0.05) is 33.4 Å². The summed E-state index contributed by atoms with van der Waals surface area (Å²) in [5.41, 5.74) is 5.05. The maximum absolute atomic E-state index is 11.9. The maximum atomic E-state index is 11.9. The quantitative estimate of drug-likeness (QED) is 0.884. The smallest absolute Gasteiger partial charge is 0.108 e. The number of anilines is 1. The molecule has 2 aromatic rings. The van der Waals surface area contributed by atoms with Gasteiger partial charge in [-0.15, -0.1) is 0 Å². The van der Waals surface area contributed by atoms with Gasteiger partial charge in [0.2, 0.25) is 0 Å². The Morgan fingerprint density at radius 3 is 2.72 bits per heavy atom. The number of aryl methyl sites for hydroxylation is 1. The largest absolute Gasteiger partial charge is 0.343 e. The number of nitrogens with one attached hydrogen (secondary N) is 1. The molecule has 1 saturated heterocycles. The zero-order valence-corrected chi connectivity index (χ0v) is 15.4. The molecular formula is C21H24N2OS. The van der Waals surface area contributed by atoms with Crippen LogP contribution in [0.1, 0.15) is 29.5 Å². The van der Waals surface area contributed by atoms with Crippen LogP contribution in [0.15, 0.2) is 53.5 Å². The monoisotopic (exact) mass is 352 g/mol. The third-order valence-electron chi connectivity index (χ3n) is 5.42. The fourth-order valence-electron chi connectivity index (χ4n) is 3.95. The Bertz CT molecular complexity index is 833. The summed E-state index contributed by atoms with van der Waals surface area (Å²) in [6.45, 7) is 2.81. The van der Waals surface area contributed by atoms with Crippen LogP contribution in [0.25, 0.3) is 0 Å². The number of para-hydroxylation sites is 1. The summed E-state index contributed by atoms with van der Waals surface area (Å²) in [5, 5.41) is 3.61. The molecule has 1 fully saturated rings. The first kappa shape index (κ1) is 16.5. The van der Waals surface area contributed by atoms with Crippen molar-refractivity contribution in [2.24, 2.45) is 10.4 Å². The molecule has 0 aliphatic carbocycles. The van der Waals surface area contributed by atoms with Crippen LogP contribution in [0.5, 0.6) is 0 Å². The van der Waals surface area contributed by atoms with Crippen molar-refractivity contribution in [3.63, 3.8) is 0 Å². The first-order valence-corrected chi connectivity index (χ1v) is 10.4. The third-order valence-corrected chi connectivity index (χ3v) is 6.74. The Labute approximate surface area is 152 Å². The van der Waals surface area contributed by atoms with Crippen molar-refractivity contribution in [3.05, 3.63) is 65.2 Å². The van der Waals surface area contributed by atoms with Gasteiger partial charge in [0.15, 0.2) is 0 Å². The van der Waals surface area contributed by atoms with Crippen molar-refractivity contribution in [2.45, 2.75) is 32.7 Å². The molecule has 0 unspecified atom stereocenters. The Hall–Kier alpha value is -1.94. The van der Waals surface area contributed by atoms with Gasteiger partial charge in [-0.2, -0.15) is 0 Å². The van der Waals surface area contributed by atoms with Gasteiger partial charge in [0.1, 0.15) is 5.84 Å². The fraction of sp³-hybridized carbons (Fsp3) is 0.381. The number of hydrogen-bond acceptors (Lipinski definition) is 2. The van der Waals surface area contributed by atoms with Crippen molar-refractivity contribution < 1.29 is 4.21 Å². The van der Waals surface area contributed by atoms with E-state index < -0.39 is 10.8 Å². The number of benzene rings is 2. The van der Waals surface area contributed by atoms with E-state index in [2.05, 4.69) is 60.8 Å². The average molecular weight is 353 g/mol. The summed E-state index contributed by atoms with van der Waals surface area (Å²) < 4.78 is 11.9. The number of rotatable bonds is 2. The van der Waals surface area contributed by atoms with E-state index >= 15 is 0 Å². The van der Waals surface area contributed by atoms with E-state index in [0.717, 1.165) is 36.6 Å². The molecular weight excluding hydrogens is 328 g/mol. The summed E-state index contributed by atoms with van der Waals surface area (Å²) in [5.74, 6) is 2.66. The standard InChI is InChI=1S/C21H24N2OS/c1-16-5-4-6-17(13-16)15-22-20-21(9-11-25(24)12-10-21)14-18-7-2-3-8-19(18)23-20/h2-8,13H,9-12,14-15H2,1H3,(H,22,23). The number of amidine groups is 1. The molecule has 1 spiro atoms. The second kappa shape index (κ2) is 6.75. The predicted molar refractivity (Wildman–Crippen MR) is 106 cm³/mol. The Morgan fingerprint density at radius 1 is 1.12 bits per heavy atom. The van der Waals surface area contributed by atoms with Gasteiger partial charge in [-0.25, -0.2) is 0 Å². The van der Waals surface area contributed by atoms with Crippen LogP contribution in [-0.4, -0.2) is 21.6 Å². The average Bonchev–Trinajstić information content (AvgIpc) is 2.62. The van der Waals surface area contributed by atoms with E-state index in [0.29, 0.717) is 6.54 Å². The topological polar surface area (TPSA) is 41.5 Å². The molecule has 2 heterocycles. The van der Waals surface area contributed by atoms with Crippen molar-refractivity contribution >= 4 is 22.3 Å². The van der Waals surface area contributed by atoms with Crippen molar-refractivity contribution in [3.8, 4) is 0 Å². The molecule has 1 N–H and O–H groups in total. The summed E-state index contributed by atoms with van der Waals surface area (Å²) >= 11 is 0. The molecule has 0 aromatic heterocycles. The Kier molecular flexibility index (Phi) is 4.46. The van der Waals surface area contributed by atoms with Crippen LogP contribution in [0.3, 0.4) is 0 Å². The number of aliphatic imine (C=N–C) groups is 1. The lowest BCUT2D eigenvalue weighted by Crippen LogP contribution is -2.46. The van der Waals surface area contributed by atoms with Crippen molar-refractivity contribution in [2.75, 3.05) is 16.8 Å². The van der Waals surface area contributed by atoms with Gasteiger partial charge in [0.25, 0.3) is 0 Å². The van der Waals surface area contributed by atoms with Gasteiger partial charge in [0.05, 0.1) is 6.54 Å². The highest BCUT2D eigenvalue weighted by Gasteiger charge is 2.42. The van der Waals surface area contributed by atoms with E-state index in [-0.39, 0.29) is 5.41 Å². The lowest BCUT2D eigenvalue weighted by molar-refractivity contribution is 0.372. The molecule has 0 bridgehead atoms. The molecule has 0 atom stereocenters. The van der Waals surface area contributed by atoms with Gasteiger partial charge in [-0.1, -0.05) is 48.0 Å². The van der Waals surface area contributed by atoms with Crippen LogP contribution < -0.4 is 5.32 Å². The second-order valence-corrected chi connectivity index (χ2v) is 8.94. The van der Waals surface area contributed by atoms with Gasteiger partial charge >= 0.3 is 0 Å². The SMILES string of the molecule is Cc1cccc(CN=C2Nc3ccccc3CC23CCS(=O)CC3)c1. The molecule has 4 heteroatoms. The minimum atomic E-state index is -0.666. The lowest BCUT2D eigenvalue weighted by atomic mass is 9.73. The lowest BCUT2D eigenvalue weighted by Gasteiger charge is -2.42. The van der Waals surface area contributed by atoms with Crippen LogP contribution in [-0.2, 0) is 23.8 Å². The zero-order chi connectivity index (χ0) is 17.3. The molecule has 2 aromatic carbocycles. The first-order valence-electron chi connectivity index (χ1n) is 8.95. The zero-order valence-electron chi connectivity index (χ0n) is 14.6. The van der Waals surface area contributed by atoms with E-state index in [1.165, 1.54) is 22.4 Å². The molecule has 130 valence electrons. The molecule has 2 aliphatic heterocycles. The van der Waals surface area contributed by atoms with Crippen molar-refractivity contribution in [1.82, 2.24) is 0 Å². The summed E-state index contributed by atoms with van der Waals surface area (Å²) in [7, 11) is -0.666. The van der Waals surface area contributed by atoms with E-state index in [1.54, 1.807) is 0 Å². The first-order chi connectivity index (χ1) is 12.1. The number of fused-ring (bicyclic) bond motifs is 1. The molecule has 0 saturated carbocycles.